The van der Waals surface area contributed by atoms with E-state index in [9.17, 15) is 4.79 Å². The minimum atomic E-state index is -0.648. The Kier molecular flexibility index (Phi) is 5.55. The highest BCUT2D eigenvalue weighted by Crippen LogP contribution is 2.14. The van der Waals surface area contributed by atoms with Gasteiger partial charge in [0.25, 0.3) is 5.91 Å². The van der Waals surface area contributed by atoms with Crippen molar-refractivity contribution in [3.8, 4) is 5.75 Å². The molecule has 4 nitrogen and oxygen atoms in total. The Morgan fingerprint density at radius 2 is 2.05 bits per heavy atom. The van der Waals surface area contributed by atoms with Crippen molar-refractivity contribution in [2.45, 2.75) is 20.0 Å². The van der Waals surface area contributed by atoms with Crippen LogP contribution in [-0.2, 0) is 4.79 Å². The number of carbonyl (C=O) groups excluding carboxylic acids is 1. The van der Waals surface area contributed by atoms with E-state index in [2.05, 4.69) is 10.5 Å². The van der Waals surface area contributed by atoms with Crippen LogP contribution in [0, 0.1) is 6.92 Å². The molecule has 2 aromatic rings. The lowest BCUT2D eigenvalue weighted by Gasteiger charge is -2.13. The molecule has 0 aliphatic heterocycles. The van der Waals surface area contributed by atoms with Crippen LogP contribution < -0.4 is 10.2 Å². The summed E-state index contributed by atoms with van der Waals surface area (Å²) in [5.74, 6) is 0.322. The number of aryl methyl sites for hydroxylation is 1. The number of hydrazone groups is 1. The molecule has 114 valence electrons. The molecule has 0 aromatic heterocycles. The van der Waals surface area contributed by atoms with Crippen molar-refractivity contribution in [2.75, 3.05) is 0 Å². The summed E-state index contributed by atoms with van der Waals surface area (Å²) in [5.41, 5.74) is 4.24. The fourth-order valence-electron chi connectivity index (χ4n) is 1.78. The molecule has 2 aromatic carbocycles. The van der Waals surface area contributed by atoms with E-state index in [1.165, 1.54) is 6.21 Å². The van der Waals surface area contributed by atoms with Crippen molar-refractivity contribution in [3.63, 3.8) is 0 Å². The molecule has 1 atom stereocenters. The highest BCUT2D eigenvalue weighted by atomic mass is 35.5. The number of ether oxygens (including phenoxy) is 1. The summed E-state index contributed by atoms with van der Waals surface area (Å²) in [5, 5.41) is 4.47. The van der Waals surface area contributed by atoms with Gasteiger partial charge in [0, 0.05) is 10.6 Å². The standard InChI is InChI=1S/C17H17ClN2O2/c1-12-6-5-8-15(10-12)22-13(2)17(21)20-19-11-14-7-3-4-9-16(14)18/h3-11,13H,1-2H3,(H,20,21)/b19-11-/t13-/m1/s1. The van der Waals surface area contributed by atoms with Gasteiger partial charge in [-0.3, -0.25) is 4.79 Å². The molecule has 0 radical (unpaired) electrons. The smallest absolute Gasteiger partial charge is 0.280 e. The zero-order valence-corrected chi connectivity index (χ0v) is 13.2. The van der Waals surface area contributed by atoms with Gasteiger partial charge in [-0.05, 0) is 37.6 Å². The van der Waals surface area contributed by atoms with Gasteiger partial charge in [0.15, 0.2) is 6.10 Å². The Morgan fingerprint density at radius 1 is 1.27 bits per heavy atom. The van der Waals surface area contributed by atoms with E-state index >= 15 is 0 Å². The van der Waals surface area contributed by atoms with Crippen molar-refractivity contribution in [3.05, 3.63) is 64.7 Å². The summed E-state index contributed by atoms with van der Waals surface area (Å²) in [6.07, 6.45) is 0.852. The average molecular weight is 317 g/mol. The fraction of sp³-hybridized carbons (Fsp3) is 0.176. The van der Waals surface area contributed by atoms with Gasteiger partial charge < -0.3 is 4.74 Å². The highest BCUT2D eigenvalue weighted by molar-refractivity contribution is 6.33. The van der Waals surface area contributed by atoms with Gasteiger partial charge in [-0.1, -0.05) is 41.9 Å². The molecule has 2 rings (SSSR count). The third kappa shape index (κ3) is 4.60. The van der Waals surface area contributed by atoms with E-state index in [0.717, 1.165) is 11.1 Å². The van der Waals surface area contributed by atoms with Crippen LogP contribution in [0.2, 0.25) is 5.02 Å². The normalized spacial score (nSPS) is 12.1. The molecular weight excluding hydrogens is 300 g/mol. The van der Waals surface area contributed by atoms with Gasteiger partial charge in [0.1, 0.15) is 5.75 Å². The average Bonchev–Trinajstić information content (AvgIpc) is 2.49. The zero-order chi connectivity index (χ0) is 15.9. The minimum Gasteiger partial charge on any atom is -0.481 e. The Labute approximate surface area is 134 Å². The van der Waals surface area contributed by atoms with E-state index in [1.54, 1.807) is 13.0 Å². The summed E-state index contributed by atoms with van der Waals surface area (Å²) in [6.45, 7) is 3.63. The maximum Gasteiger partial charge on any atom is 0.280 e. The number of amides is 1. The maximum absolute atomic E-state index is 11.9. The number of nitrogens with zero attached hydrogens (tertiary/aromatic N) is 1. The van der Waals surface area contributed by atoms with Gasteiger partial charge in [-0.15, -0.1) is 0 Å². The molecule has 0 spiro atoms. The Morgan fingerprint density at radius 3 is 2.77 bits per heavy atom. The lowest BCUT2D eigenvalue weighted by Crippen LogP contribution is -2.33. The number of halogens is 1. The first-order chi connectivity index (χ1) is 10.6. The van der Waals surface area contributed by atoms with Crippen molar-refractivity contribution in [1.29, 1.82) is 0 Å². The number of benzene rings is 2. The maximum atomic E-state index is 11.9. The lowest BCUT2D eigenvalue weighted by molar-refractivity contribution is -0.127. The van der Waals surface area contributed by atoms with Gasteiger partial charge in [-0.2, -0.15) is 5.10 Å². The highest BCUT2D eigenvalue weighted by Gasteiger charge is 2.13. The van der Waals surface area contributed by atoms with E-state index in [4.69, 9.17) is 16.3 Å². The molecule has 0 saturated carbocycles. The molecule has 0 fully saturated rings. The first-order valence-corrected chi connectivity index (χ1v) is 7.25. The van der Waals surface area contributed by atoms with Crippen LogP contribution in [0.4, 0.5) is 0 Å². The molecule has 22 heavy (non-hydrogen) atoms. The van der Waals surface area contributed by atoms with Gasteiger partial charge in [-0.25, -0.2) is 5.43 Å². The van der Waals surface area contributed by atoms with E-state index in [1.807, 2.05) is 49.4 Å². The zero-order valence-electron chi connectivity index (χ0n) is 12.4. The Hall–Kier alpha value is -2.33. The summed E-state index contributed by atoms with van der Waals surface area (Å²) < 4.78 is 5.57. The van der Waals surface area contributed by atoms with Crippen LogP contribution in [0.5, 0.6) is 5.75 Å². The molecule has 0 bridgehead atoms. The van der Waals surface area contributed by atoms with Crippen LogP contribution in [0.1, 0.15) is 18.1 Å². The molecule has 0 unspecified atom stereocenters. The Balaban J connectivity index is 1.90. The summed E-state index contributed by atoms with van der Waals surface area (Å²) in [7, 11) is 0. The van der Waals surface area contributed by atoms with E-state index in [-0.39, 0.29) is 5.91 Å². The van der Waals surface area contributed by atoms with Crippen molar-refractivity contribution in [1.82, 2.24) is 5.43 Å². The fourth-order valence-corrected chi connectivity index (χ4v) is 1.97. The van der Waals surface area contributed by atoms with E-state index < -0.39 is 6.10 Å². The molecule has 0 aliphatic carbocycles. The second-order valence-electron chi connectivity index (χ2n) is 4.83. The number of rotatable bonds is 5. The van der Waals surface area contributed by atoms with Crippen molar-refractivity contribution in [2.24, 2.45) is 5.10 Å². The first-order valence-electron chi connectivity index (χ1n) is 6.87. The molecule has 0 heterocycles. The lowest BCUT2D eigenvalue weighted by atomic mass is 10.2. The van der Waals surface area contributed by atoms with Crippen LogP contribution in [0.15, 0.2) is 53.6 Å². The van der Waals surface area contributed by atoms with Gasteiger partial charge >= 0.3 is 0 Å². The Bertz CT molecular complexity index is 686. The summed E-state index contributed by atoms with van der Waals surface area (Å²) in [4.78, 5) is 11.9. The van der Waals surface area contributed by atoms with Crippen molar-refractivity contribution >= 4 is 23.7 Å². The molecule has 0 saturated heterocycles. The molecular formula is C17H17ClN2O2. The predicted molar refractivity (Wildman–Crippen MR) is 88.5 cm³/mol. The monoisotopic (exact) mass is 316 g/mol. The van der Waals surface area contributed by atoms with Crippen LogP contribution in [-0.4, -0.2) is 18.2 Å². The predicted octanol–water partition coefficient (Wildman–Crippen LogP) is 3.57. The number of hydrogen-bond acceptors (Lipinski definition) is 3. The number of nitrogens with one attached hydrogen (secondary N) is 1. The summed E-state index contributed by atoms with van der Waals surface area (Å²) >= 11 is 6.00. The third-order valence-electron chi connectivity index (χ3n) is 2.96. The van der Waals surface area contributed by atoms with Crippen LogP contribution >= 0.6 is 11.6 Å². The van der Waals surface area contributed by atoms with Gasteiger partial charge in [0.2, 0.25) is 0 Å². The minimum absolute atomic E-state index is 0.329. The number of hydrogen-bond donors (Lipinski definition) is 1. The third-order valence-corrected chi connectivity index (χ3v) is 3.30. The van der Waals surface area contributed by atoms with Crippen LogP contribution in [0.3, 0.4) is 0 Å². The first kappa shape index (κ1) is 16.0. The van der Waals surface area contributed by atoms with E-state index in [0.29, 0.717) is 10.8 Å². The SMILES string of the molecule is Cc1cccc(O[C@H](C)C(=O)N/N=C\c2ccccc2Cl)c1. The molecule has 1 amide bonds. The molecule has 0 aliphatic rings. The number of carbonyl (C=O) groups is 1. The van der Waals surface area contributed by atoms with Crippen LogP contribution in [0.25, 0.3) is 0 Å². The second kappa shape index (κ2) is 7.61. The van der Waals surface area contributed by atoms with Crippen molar-refractivity contribution < 1.29 is 9.53 Å². The summed E-state index contributed by atoms with van der Waals surface area (Å²) in [6, 6.07) is 14.8. The molecule has 5 heteroatoms. The second-order valence-corrected chi connectivity index (χ2v) is 5.24. The topological polar surface area (TPSA) is 50.7 Å². The molecule has 1 N–H and O–H groups in total. The quantitative estimate of drug-likeness (QED) is 0.677. The largest absolute Gasteiger partial charge is 0.481 e. The van der Waals surface area contributed by atoms with Gasteiger partial charge in [0.05, 0.1) is 6.21 Å².